The first-order chi connectivity index (χ1) is 16.5. The van der Waals surface area contributed by atoms with E-state index in [1.54, 1.807) is 12.1 Å². The number of ketones is 3. The van der Waals surface area contributed by atoms with Crippen LogP contribution in [-0.2, 0) is 20.7 Å². The summed E-state index contributed by atoms with van der Waals surface area (Å²) in [5.41, 5.74) is 4.47. The Bertz CT molecular complexity index is 1280. The lowest BCUT2D eigenvalue weighted by Crippen LogP contribution is -2.53. The molecule has 10 nitrogen and oxygen atoms in total. The number of benzene rings is 2. The van der Waals surface area contributed by atoms with Gasteiger partial charge in [-0.05, 0) is 6.92 Å². The van der Waals surface area contributed by atoms with Crippen molar-refractivity contribution in [3.63, 3.8) is 0 Å². The summed E-state index contributed by atoms with van der Waals surface area (Å²) >= 11 is 0. The van der Waals surface area contributed by atoms with Crippen LogP contribution in [0.2, 0.25) is 0 Å². The summed E-state index contributed by atoms with van der Waals surface area (Å²) in [5.74, 6) is -2.74. The van der Waals surface area contributed by atoms with E-state index >= 15 is 0 Å². The molecule has 0 radical (unpaired) electrons. The second-order valence-corrected chi connectivity index (χ2v) is 9.39. The van der Waals surface area contributed by atoms with Gasteiger partial charge in [-0.25, -0.2) is 0 Å². The van der Waals surface area contributed by atoms with Crippen molar-refractivity contribution in [2.45, 2.75) is 56.3 Å². The maximum atomic E-state index is 13.3. The van der Waals surface area contributed by atoms with E-state index in [-0.39, 0.29) is 71.7 Å². The predicted molar refractivity (Wildman–Crippen MR) is 126 cm³/mol. The molecule has 11 heteroatoms. The number of halogens is 1. The molecule has 1 aliphatic heterocycles. The molecule has 6 N–H and O–H groups in total. The Morgan fingerprint density at radius 1 is 1.06 bits per heavy atom. The van der Waals surface area contributed by atoms with Gasteiger partial charge in [0.15, 0.2) is 17.9 Å². The number of phenolic OH excluding ortho intramolecular Hbond substituents is 2. The number of carbonyl (C=O) groups is 3. The zero-order valence-electron chi connectivity index (χ0n) is 19.3. The SMILES string of the molecule is CC(=O)[C@]1(N)Cc2c(O)c3c(c(O)c2[C@@H](O[C@H]2C[C@@H](O)[C@H](O)CO2)C1)C(=O)c1ccccc1C3=O.Cl. The lowest BCUT2D eigenvalue weighted by molar-refractivity contribution is -0.238. The minimum absolute atomic E-state index is 0. The van der Waals surface area contributed by atoms with Crippen LogP contribution in [0.25, 0.3) is 0 Å². The molecule has 1 heterocycles. The molecule has 0 unspecified atom stereocenters. The summed E-state index contributed by atoms with van der Waals surface area (Å²) < 4.78 is 11.4. The highest BCUT2D eigenvalue weighted by Crippen LogP contribution is 2.51. The molecular weight excluding hydrogens is 494 g/mol. The monoisotopic (exact) mass is 519 g/mol. The van der Waals surface area contributed by atoms with Crippen molar-refractivity contribution in [2.24, 2.45) is 5.73 Å². The van der Waals surface area contributed by atoms with E-state index in [9.17, 15) is 34.8 Å². The zero-order valence-corrected chi connectivity index (χ0v) is 20.1. The second-order valence-electron chi connectivity index (χ2n) is 9.39. The summed E-state index contributed by atoms with van der Waals surface area (Å²) in [7, 11) is 0. The molecule has 0 amide bonds. The average molecular weight is 520 g/mol. The fourth-order valence-corrected chi connectivity index (χ4v) is 5.13. The quantitative estimate of drug-likeness (QED) is 0.314. The van der Waals surface area contributed by atoms with E-state index in [0.29, 0.717) is 0 Å². The Labute approximate surface area is 212 Å². The molecule has 5 atom stereocenters. The lowest BCUT2D eigenvalue weighted by atomic mass is 9.71. The number of nitrogens with two attached hydrogens (primary N) is 1. The number of Topliss-reactive ketones (excluding diaryl/α,β-unsaturated/α-hetero) is 1. The maximum absolute atomic E-state index is 13.3. The molecule has 0 spiro atoms. The summed E-state index contributed by atoms with van der Waals surface area (Å²) in [5, 5.41) is 42.3. The molecule has 0 saturated carbocycles. The van der Waals surface area contributed by atoms with Gasteiger partial charge in [-0.15, -0.1) is 12.4 Å². The minimum atomic E-state index is -1.50. The fourth-order valence-electron chi connectivity index (χ4n) is 5.13. The summed E-state index contributed by atoms with van der Waals surface area (Å²) in [6, 6.07) is 6.10. The van der Waals surface area contributed by atoms with Crippen molar-refractivity contribution < 1.29 is 44.3 Å². The Kier molecular flexibility index (Phi) is 6.71. The normalized spacial score (nSPS) is 29.0. The number of ether oxygens (including phenoxy) is 2. The van der Waals surface area contributed by atoms with Crippen molar-refractivity contribution in [3.8, 4) is 11.5 Å². The highest BCUT2D eigenvalue weighted by atomic mass is 35.5. The highest BCUT2D eigenvalue weighted by molar-refractivity contribution is 6.30. The Morgan fingerprint density at radius 2 is 1.64 bits per heavy atom. The lowest BCUT2D eigenvalue weighted by Gasteiger charge is -2.41. The number of aliphatic hydroxyl groups excluding tert-OH is 2. The molecule has 2 aliphatic carbocycles. The number of aromatic hydroxyl groups is 2. The molecule has 2 aromatic carbocycles. The fraction of sp³-hybridized carbons (Fsp3) is 0.400. The number of aliphatic hydroxyl groups is 2. The molecule has 0 bridgehead atoms. The Hall–Kier alpha value is -2.86. The van der Waals surface area contributed by atoms with E-state index in [1.165, 1.54) is 19.1 Å². The van der Waals surface area contributed by atoms with Crippen LogP contribution < -0.4 is 5.73 Å². The van der Waals surface area contributed by atoms with Crippen LogP contribution >= 0.6 is 12.4 Å². The standard InChI is InChI=1S/C25H25NO9.ClH/c1-10(27)25(26)7-13-18(16(8-25)35-17-6-14(28)15(29)9-34-17)24(33)20-19(23(13)32)21(30)11-4-2-3-5-12(11)22(20)31;/h2-5,14-17,28-29,32-33H,6-9,26H2,1H3;1H/t14-,15-,16+,17+,25+;/m1./s1. The van der Waals surface area contributed by atoms with E-state index in [2.05, 4.69) is 0 Å². The molecule has 0 aromatic heterocycles. The van der Waals surface area contributed by atoms with E-state index in [1.807, 2.05) is 0 Å². The molecule has 36 heavy (non-hydrogen) atoms. The van der Waals surface area contributed by atoms with Gasteiger partial charge in [0.25, 0.3) is 0 Å². The van der Waals surface area contributed by atoms with Crippen molar-refractivity contribution in [1.29, 1.82) is 0 Å². The van der Waals surface area contributed by atoms with Crippen LogP contribution in [0.15, 0.2) is 24.3 Å². The molecule has 5 rings (SSSR count). The third kappa shape index (κ3) is 3.90. The van der Waals surface area contributed by atoms with E-state index < -0.39 is 59.0 Å². The number of hydrogen-bond donors (Lipinski definition) is 5. The van der Waals surface area contributed by atoms with Gasteiger partial charge in [0.2, 0.25) is 0 Å². The molecular formula is C25H26ClNO9. The van der Waals surface area contributed by atoms with E-state index in [0.717, 1.165) is 0 Å². The van der Waals surface area contributed by atoms with Gasteiger partial charge in [0.1, 0.15) is 23.4 Å². The van der Waals surface area contributed by atoms with Crippen molar-refractivity contribution >= 4 is 29.8 Å². The van der Waals surface area contributed by atoms with Gasteiger partial charge < -0.3 is 35.6 Å². The Morgan fingerprint density at radius 3 is 2.19 bits per heavy atom. The number of phenols is 2. The van der Waals surface area contributed by atoms with Crippen molar-refractivity contribution in [3.05, 3.63) is 57.6 Å². The van der Waals surface area contributed by atoms with Gasteiger partial charge in [0, 0.05) is 41.5 Å². The van der Waals surface area contributed by atoms with Crippen molar-refractivity contribution in [1.82, 2.24) is 0 Å². The van der Waals surface area contributed by atoms with Gasteiger partial charge in [-0.2, -0.15) is 0 Å². The first kappa shape index (κ1) is 26.2. The number of fused-ring (bicyclic) bond motifs is 3. The molecule has 1 fully saturated rings. The van der Waals surface area contributed by atoms with Gasteiger partial charge in [-0.1, -0.05) is 24.3 Å². The molecule has 2 aromatic rings. The van der Waals surface area contributed by atoms with Gasteiger partial charge in [-0.3, -0.25) is 14.4 Å². The number of rotatable bonds is 3. The average Bonchev–Trinajstić information content (AvgIpc) is 2.82. The number of carbonyl (C=O) groups excluding carboxylic acids is 3. The van der Waals surface area contributed by atoms with Crippen LogP contribution in [-0.4, -0.2) is 68.4 Å². The van der Waals surface area contributed by atoms with Gasteiger partial charge >= 0.3 is 0 Å². The second kappa shape index (κ2) is 9.22. The van der Waals surface area contributed by atoms with Crippen LogP contribution in [0.4, 0.5) is 0 Å². The predicted octanol–water partition coefficient (Wildman–Crippen LogP) is 1.05. The van der Waals surface area contributed by atoms with Crippen molar-refractivity contribution in [2.75, 3.05) is 6.61 Å². The van der Waals surface area contributed by atoms with Crippen LogP contribution in [0.3, 0.4) is 0 Å². The third-order valence-electron chi connectivity index (χ3n) is 7.17. The van der Waals surface area contributed by atoms with Gasteiger partial charge in [0.05, 0.1) is 35.5 Å². The zero-order chi connectivity index (χ0) is 25.2. The van der Waals surface area contributed by atoms with Crippen LogP contribution in [0.1, 0.15) is 68.8 Å². The summed E-state index contributed by atoms with van der Waals surface area (Å²) in [6.07, 6.45) is -4.74. The Balaban J connectivity index is 0.00000304. The largest absolute Gasteiger partial charge is 0.507 e. The molecule has 1 saturated heterocycles. The maximum Gasteiger partial charge on any atom is 0.198 e. The third-order valence-corrected chi connectivity index (χ3v) is 7.17. The first-order valence-electron chi connectivity index (χ1n) is 11.3. The van der Waals surface area contributed by atoms with Crippen LogP contribution in [0.5, 0.6) is 11.5 Å². The topological polar surface area (TPSA) is 177 Å². The molecule has 192 valence electrons. The number of hydrogen-bond acceptors (Lipinski definition) is 10. The van der Waals surface area contributed by atoms with Crippen LogP contribution in [0, 0.1) is 0 Å². The van der Waals surface area contributed by atoms with E-state index in [4.69, 9.17) is 15.2 Å². The molecule has 3 aliphatic rings. The summed E-state index contributed by atoms with van der Waals surface area (Å²) in [6.45, 7) is 1.09. The smallest absolute Gasteiger partial charge is 0.198 e. The first-order valence-corrected chi connectivity index (χ1v) is 11.3. The highest BCUT2D eigenvalue weighted by Gasteiger charge is 2.48. The summed E-state index contributed by atoms with van der Waals surface area (Å²) in [4.78, 5) is 39.0. The minimum Gasteiger partial charge on any atom is -0.507 e.